The van der Waals surface area contributed by atoms with Crippen LogP contribution < -0.4 is 10.6 Å². The number of rotatable bonds is 5. The first-order valence-electron chi connectivity index (χ1n) is 7.64. The number of benzene rings is 2. The van der Waals surface area contributed by atoms with E-state index in [1.165, 1.54) is 0 Å². The molecule has 3 rings (SSSR count). The van der Waals surface area contributed by atoms with Gasteiger partial charge in [-0.15, -0.1) is 0 Å². The SMILES string of the molecule is O=C(CCc1ccc(Cl)cc1)Nc1cccc(C2=NCCN2)c1. The zero-order chi connectivity index (χ0) is 16.1. The normalized spacial score (nSPS) is 13.3. The highest BCUT2D eigenvalue weighted by Crippen LogP contribution is 2.14. The Morgan fingerprint density at radius 3 is 2.78 bits per heavy atom. The van der Waals surface area contributed by atoms with Gasteiger partial charge in [-0.1, -0.05) is 35.9 Å². The molecule has 2 aromatic carbocycles. The minimum absolute atomic E-state index is 0.00146. The number of amidine groups is 1. The number of nitrogens with one attached hydrogen (secondary N) is 2. The molecule has 1 aliphatic rings. The van der Waals surface area contributed by atoms with E-state index in [0.717, 1.165) is 35.7 Å². The van der Waals surface area contributed by atoms with Gasteiger partial charge in [0.2, 0.25) is 5.91 Å². The summed E-state index contributed by atoms with van der Waals surface area (Å²) in [6.07, 6.45) is 1.13. The molecule has 0 spiro atoms. The van der Waals surface area contributed by atoms with Gasteiger partial charge in [-0.05, 0) is 36.2 Å². The molecule has 1 heterocycles. The molecule has 118 valence electrons. The van der Waals surface area contributed by atoms with Gasteiger partial charge in [0.1, 0.15) is 5.84 Å². The second-order valence-corrected chi connectivity index (χ2v) is 5.85. The molecular weight excluding hydrogens is 310 g/mol. The number of hydrogen-bond acceptors (Lipinski definition) is 3. The second-order valence-electron chi connectivity index (χ2n) is 5.41. The van der Waals surface area contributed by atoms with Crippen molar-refractivity contribution >= 4 is 29.0 Å². The summed E-state index contributed by atoms with van der Waals surface area (Å²) < 4.78 is 0. The molecule has 1 amide bonds. The Bertz CT molecular complexity index is 725. The Morgan fingerprint density at radius 1 is 1.22 bits per heavy atom. The molecule has 0 saturated carbocycles. The van der Waals surface area contributed by atoms with E-state index in [9.17, 15) is 4.79 Å². The first-order valence-corrected chi connectivity index (χ1v) is 8.01. The third-order valence-electron chi connectivity index (χ3n) is 3.65. The van der Waals surface area contributed by atoms with E-state index in [4.69, 9.17) is 11.6 Å². The molecule has 2 aromatic rings. The summed E-state index contributed by atoms with van der Waals surface area (Å²) in [7, 11) is 0. The van der Waals surface area contributed by atoms with Crippen LogP contribution in [0.15, 0.2) is 53.5 Å². The largest absolute Gasteiger partial charge is 0.368 e. The monoisotopic (exact) mass is 327 g/mol. The van der Waals surface area contributed by atoms with Gasteiger partial charge >= 0.3 is 0 Å². The van der Waals surface area contributed by atoms with Crippen LogP contribution in [0.25, 0.3) is 0 Å². The van der Waals surface area contributed by atoms with Crippen LogP contribution in [0.3, 0.4) is 0 Å². The van der Waals surface area contributed by atoms with E-state index in [2.05, 4.69) is 15.6 Å². The highest BCUT2D eigenvalue weighted by atomic mass is 35.5. The maximum Gasteiger partial charge on any atom is 0.224 e. The lowest BCUT2D eigenvalue weighted by atomic mass is 10.1. The van der Waals surface area contributed by atoms with Crippen molar-refractivity contribution in [2.75, 3.05) is 18.4 Å². The van der Waals surface area contributed by atoms with Gasteiger partial charge in [-0.25, -0.2) is 0 Å². The number of aliphatic imine (C=N–C) groups is 1. The van der Waals surface area contributed by atoms with E-state index < -0.39 is 0 Å². The Hall–Kier alpha value is -2.33. The van der Waals surface area contributed by atoms with Crippen molar-refractivity contribution in [3.8, 4) is 0 Å². The lowest BCUT2D eigenvalue weighted by Crippen LogP contribution is -2.20. The zero-order valence-electron chi connectivity index (χ0n) is 12.7. The van der Waals surface area contributed by atoms with Crippen molar-refractivity contribution in [1.82, 2.24) is 5.32 Å². The number of hydrogen-bond donors (Lipinski definition) is 2. The smallest absolute Gasteiger partial charge is 0.224 e. The minimum Gasteiger partial charge on any atom is -0.368 e. The lowest BCUT2D eigenvalue weighted by Gasteiger charge is -2.08. The standard InChI is InChI=1S/C18H18ClN3O/c19-15-7-4-13(5-8-15)6-9-17(23)22-16-3-1-2-14(12-16)18-20-10-11-21-18/h1-5,7-8,12H,6,9-11H2,(H,20,21)(H,22,23). The van der Waals surface area contributed by atoms with Crippen LogP contribution in [0.1, 0.15) is 17.5 Å². The highest BCUT2D eigenvalue weighted by Gasteiger charge is 2.09. The average molecular weight is 328 g/mol. The molecule has 0 saturated heterocycles. The molecular formula is C18H18ClN3O. The molecule has 0 fully saturated rings. The zero-order valence-corrected chi connectivity index (χ0v) is 13.4. The molecule has 0 radical (unpaired) electrons. The van der Waals surface area contributed by atoms with E-state index in [-0.39, 0.29) is 5.91 Å². The topological polar surface area (TPSA) is 53.5 Å². The maximum absolute atomic E-state index is 12.1. The summed E-state index contributed by atoms with van der Waals surface area (Å²) in [5, 5.41) is 6.88. The number of anilines is 1. The Kier molecular flexibility index (Phi) is 4.93. The Balaban J connectivity index is 1.57. The number of aryl methyl sites for hydroxylation is 1. The summed E-state index contributed by atoms with van der Waals surface area (Å²) in [5.74, 6) is 0.890. The maximum atomic E-state index is 12.1. The fourth-order valence-corrected chi connectivity index (χ4v) is 2.59. The van der Waals surface area contributed by atoms with E-state index >= 15 is 0 Å². The van der Waals surface area contributed by atoms with E-state index in [0.29, 0.717) is 17.9 Å². The molecule has 4 nitrogen and oxygen atoms in total. The van der Waals surface area contributed by atoms with Gasteiger partial charge in [0.05, 0.1) is 6.54 Å². The van der Waals surface area contributed by atoms with Crippen molar-refractivity contribution in [3.05, 3.63) is 64.7 Å². The number of halogens is 1. The Morgan fingerprint density at radius 2 is 2.04 bits per heavy atom. The van der Waals surface area contributed by atoms with Gasteiger partial charge in [0.25, 0.3) is 0 Å². The fourth-order valence-electron chi connectivity index (χ4n) is 2.47. The van der Waals surface area contributed by atoms with Gasteiger partial charge in [-0.2, -0.15) is 0 Å². The van der Waals surface area contributed by atoms with Crippen molar-refractivity contribution < 1.29 is 4.79 Å². The van der Waals surface area contributed by atoms with Crippen LogP contribution in [0.5, 0.6) is 0 Å². The lowest BCUT2D eigenvalue weighted by molar-refractivity contribution is -0.116. The van der Waals surface area contributed by atoms with Gasteiger partial charge in [-0.3, -0.25) is 9.79 Å². The summed E-state index contributed by atoms with van der Waals surface area (Å²) in [6.45, 7) is 1.67. The van der Waals surface area contributed by atoms with Gasteiger partial charge in [0.15, 0.2) is 0 Å². The minimum atomic E-state index is -0.00146. The van der Waals surface area contributed by atoms with Crippen LogP contribution >= 0.6 is 11.6 Å². The molecule has 0 aliphatic carbocycles. The first kappa shape index (κ1) is 15.6. The predicted octanol–water partition coefficient (Wildman–Crippen LogP) is 3.26. The third kappa shape index (κ3) is 4.33. The highest BCUT2D eigenvalue weighted by molar-refractivity contribution is 6.30. The average Bonchev–Trinajstić information content (AvgIpc) is 3.09. The quantitative estimate of drug-likeness (QED) is 0.885. The number of carbonyl (C=O) groups is 1. The molecule has 2 N–H and O–H groups in total. The molecule has 23 heavy (non-hydrogen) atoms. The van der Waals surface area contributed by atoms with Crippen molar-refractivity contribution in [2.24, 2.45) is 4.99 Å². The molecule has 0 aromatic heterocycles. The summed E-state index contributed by atoms with van der Waals surface area (Å²) >= 11 is 5.86. The first-order chi connectivity index (χ1) is 11.2. The van der Waals surface area contributed by atoms with E-state index in [1.807, 2.05) is 48.5 Å². The third-order valence-corrected chi connectivity index (χ3v) is 3.90. The van der Waals surface area contributed by atoms with E-state index in [1.54, 1.807) is 0 Å². The van der Waals surface area contributed by atoms with Gasteiger partial charge < -0.3 is 10.6 Å². The van der Waals surface area contributed by atoms with Gasteiger partial charge in [0, 0.05) is 29.2 Å². The molecule has 5 heteroatoms. The van der Waals surface area contributed by atoms with Crippen LogP contribution in [-0.2, 0) is 11.2 Å². The number of carbonyl (C=O) groups excluding carboxylic acids is 1. The molecule has 0 atom stereocenters. The van der Waals surface area contributed by atoms with Crippen molar-refractivity contribution in [3.63, 3.8) is 0 Å². The van der Waals surface area contributed by atoms with Crippen LogP contribution in [-0.4, -0.2) is 24.8 Å². The molecule has 1 aliphatic heterocycles. The Labute approximate surface area is 140 Å². The van der Waals surface area contributed by atoms with Crippen molar-refractivity contribution in [1.29, 1.82) is 0 Å². The van der Waals surface area contributed by atoms with Crippen molar-refractivity contribution in [2.45, 2.75) is 12.8 Å². The number of amides is 1. The second kappa shape index (κ2) is 7.29. The summed E-state index contributed by atoms with van der Waals surface area (Å²) in [5.41, 5.74) is 2.89. The summed E-state index contributed by atoms with van der Waals surface area (Å²) in [6, 6.07) is 15.3. The predicted molar refractivity (Wildman–Crippen MR) is 94.3 cm³/mol. The van der Waals surface area contributed by atoms with Crippen LogP contribution in [0.4, 0.5) is 5.69 Å². The number of nitrogens with zero attached hydrogens (tertiary/aromatic N) is 1. The van der Waals surface area contributed by atoms with Crippen LogP contribution in [0, 0.1) is 0 Å². The van der Waals surface area contributed by atoms with Crippen LogP contribution in [0.2, 0.25) is 5.02 Å². The molecule has 0 unspecified atom stereocenters. The fraction of sp³-hybridized carbons (Fsp3) is 0.222. The molecule has 0 bridgehead atoms. The summed E-state index contributed by atoms with van der Waals surface area (Å²) in [4.78, 5) is 16.5.